The van der Waals surface area contributed by atoms with Gasteiger partial charge in [0, 0.05) is 18.8 Å². The van der Waals surface area contributed by atoms with Gasteiger partial charge in [-0.25, -0.2) is 0 Å². The van der Waals surface area contributed by atoms with Crippen molar-refractivity contribution in [3.8, 4) is 6.07 Å². The van der Waals surface area contributed by atoms with Gasteiger partial charge in [-0.05, 0) is 18.8 Å². The van der Waals surface area contributed by atoms with Crippen LogP contribution in [0.5, 0.6) is 0 Å². The summed E-state index contributed by atoms with van der Waals surface area (Å²) in [5, 5.41) is 14.8. The maximum atomic E-state index is 11.8. The summed E-state index contributed by atoms with van der Waals surface area (Å²) in [5.41, 5.74) is 0.164. The van der Waals surface area contributed by atoms with Crippen molar-refractivity contribution in [1.29, 1.82) is 5.26 Å². The largest absolute Gasteiger partial charge is 0.389 e. The number of carbonyl (C=O) groups excluding carboxylic acids is 1. The van der Waals surface area contributed by atoms with Gasteiger partial charge < -0.3 is 10.6 Å². The van der Waals surface area contributed by atoms with E-state index in [0.29, 0.717) is 5.92 Å². The third-order valence-corrected chi connectivity index (χ3v) is 2.83. The van der Waals surface area contributed by atoms with Crippen molar-refractivity contribution in [3.63, 3.8) is 0 Å². The van der Waals surface area contributed by atoms with Gasteiger partial charge in [0.15, 0.2) is 0 Å². The Hall–Kier alpha value is -1.50. The number of nitriles is 1. The Kier molecular flexibility index (Phi) is 5.55. The van der Waals surface area contributed by atoms with Crippen LogP contribution in [0.25, 0.3) is 0 Å². The lowest BCUT2D eigenvalue weighted by molar-refractivity contribution is -0.117. The van der Waals surface area contributed by atoms with Crippen LogP contribution in [0.1, 0.15) is 39.5 Å². The van der Waals surface area contributed by atoms with Crippen molar-refractivity contribution in [1.82, 2.24) is 10.6 Å². The van der Waals surface area contributed by atoms with Crippen LogP contribution in [0.4, 0.5) is 0 Å². The second kappa shape index (κ2) is 6.95. The van der Waals surface area contributed by atoms with E-state index in [0.717, 1.165) is 19.4 Å². The average molecular weight is 235 g/mol. The summed E-state index contributed by atoms with van der Waals surface area (Å²) in [6.07, 6.45) is 5.92. The number of nitrogens with zero attached hydrogens (tertiary/aromatic N) is 1. The second-order valence-corrected chi connectivity index (χ2v) is 4.93. The SMILES string of the molecule is CC(C)CN/C=C(/C#N)C(=O)NC1CCCC1. The molecule has 1 rings (SSSR count). The lowest BCUT2D eigenvalue weighted by Crippen LogP contribution is -2.34. The molecule has 1 fully saturated rings. The fourth-order valence-electron chi connectivity index (χ4n) is 1.88. The molecule has 0 aromatic carbocycles. The maximum Gasteiger partial charge on any atom is 0.263 e. The number of rotatable bonds is 5. The molecule has 4 heteroatoms. The lowest BCUT2D eigenvalue weighted by atomic mass is 10.2. The van der Waals surface area contributed by atoms with Crippen molar-refractivity contribution >= 4 is 5.91 Å². The first-order valence-corrected chi connectivity index (χ1v) is 6.28. The van der Waals surface area contributed by atoms with Crippen LogP contribution in [-0.4, -0.2) is 18.5 Å². The van der Waals surface area contributed by atoms with Crippen molar-refractivity contribution in [2.45, 2.75) is 45.6 Å². The Morgan fingerprint density at radius 1 is 1.47 bits per heavy atom. The maximum absolute atomic E-state index is 11.8. The third-order valence-electron chi connectivity index (χ3n) is 2.83. The summed E-state index contributed by atoms with van der Waals surface area (Å²) in [4.78, 5) is 11.8. The molecule has 17 heavy (non-hydrogen) atoms. The van der Waals surface area contributed by atoms with Gasteiger partial charge in [0.1, 0.15) is 11.6 Å². The van der Waals surface area contributed by atoms with E-state index in [1.807, 2.05) is 6.07 Å². The Morgan fingerprint density at radius 2 is 2.12 bits per heavy atom. The standard InChI is InChI=1S/C13H21N3O/c1-10(2)8-15-9-11(7-14)13(17)16-12-5-3-4-6-12/h9-10,12,15H,3-6,8H2,1-2H3,(H,16,17)/b11-9-. The predicted octanol–water partition coefficient (Wildman–Crippen LogP) is 1.70. The molecule has 0 aromatic rings. The molecule has 1 amide bonds. The quantitative estimate of drug-likeness (QED) is 0.563. The zero-order valence-corrected chi connectivity index (χ0v) is 10.6. The van der Waals surface area contributed by atoms with E-state index >= 15 is 0 Å². The zero-order valence-electron chi connectivity index (χ0n) is 10.6. The van der Waals surface area contributed by atoms with E-state index in [2.05, 4.69) is 24.5 Å². The summed E-state index contributed by atoms with van der Waals surface area (Å²) in [5.74, 6) is 0.236. The number of carbonyl (C=O) groups is 1. The van der Waals surface area contributed by atoms with Gasteiger partial charge in [-0.1, -0.05) is 26.7 Å². The van der Waals surface area contributed by atoms with Gasteiger partial charge in [0.2, 0.25) is 0 Å². The fourth-order valence-corrected chi connectivity index (χ4v) is 1.88. The molecule has 0 unspecified atom stereocenters. The van der Waals surface area contributed by atoms with Gasteiger partial charge in [0.25, 0.3) is 5.91 Å². The van der Waals surface area contributed by atoms with Crippen molar-refractivity contribution < 1.29 is 4.79 Å². The highest BCUT2D eigenvalue weighted by molar-refractivity contribution is 5.97. The molecule has 2 N–H and O–H groups in total. The van der Waals surface area contributed by atoms with Crippen molar-refractivity contribution in [2.24, 2.45) is 5.92 Å². The number of amides is 1. The highest BCUT2D eigenvalue weighted by Gasteiger charge is 2.18. The smallest absolute Gasteiger partial charge is 0.263 e. The second-order valence-electron chi connectivity index (χ2n) is 4.93. The van der Waals surface area contributed by atoms with Gasteiger partial charge in [-0.15, -0.1) is 0 Å². The normalized spacial score (nSPS) is 16.9. The van der Waals surface area contributed by atoms with E-state index in [1.54, 1.807) is 0 Å². The van der Waals surface area contributed by atoms with Gasteiger partial charge in [0.05, 0.1) is 0 Å². The molecule has 1 aliphatic carbocycles. The van der Waals surface area contributed by atoms with Crippen LogP contribution >= 0.6 is 0 Å². The lowest BCUT2D eigenvalue weighted by Gasteiger charge is -2.11. The highest BCUT2D eigenvalue weighted by Crippen LogP contribution is 2.17. The molecule has 0 saturated heterocycles. The molecule has 0 aromatic heterocycles. The first-order chi connectivity index (χ1) is 8.13. The van der Waals surface area contributed by atoms with E-state index in [9.17, 15) is 4.79 Å². The topological polar surface area (TPSA) is 64.9 Å². The zero-order chi connectivity index (χ0) is 12.7. The van der Waals surface area contributed by atoms with E-state index in [4.69, 9.17) is 5.26 Å². The van der Waals surface area contributed by atoms with Crippen molar-refractivity contribution in [3.05, 3.63) is 11.8 Å². The molecule has 0 bridgehead atoms. The van der Waals surface area contributed by atoms with Gasteiger partial charge in [-0.3, -0.25) is 4.79 Å². The van der Waals surface area contributed by atoms with E-state index in [-0.39, 0.29) is 17.5 Å². The molecular formula is C13H21N3O. The number of hydrogen-bond acceptors (Lipinski definition) is 3. The Balaban J connectivity index is 2.43. The highest BCUT2D eigenvalue weighted by atomic mass is 16.1. The summed E-state index contributed by atoms with van der Waals surface area (Å²) in [6, 6.07) is 2.19. The Labute approximate surface area is 103 Å². The first-order valence-electron chi connectivity index (χ1n) is 6.28. The minimum atomic E-state index is -0.254. The molecule has 0 atom stereocenters. The molecule has 0 aliphatic heterocycles. The monoisotopic (exact) mass is 235 g/mol. The Bertz CT molecular complexity index is 322. The molecular weight excluding hydrogens is 214 g/mol. The molecule has 0 spiro atoms. The van der Waals surface area contributed by atoms with E-state index < -0.39 is 0 Å². The summed E-state index contributed by atoms with van der Waals surface area (Å²) < 4.78 is 0. The fraction of sp³-hybridized carbons (Fsp3) is 0.692. The number of nitrogens with one attached hydrogen (secondary N) is 2. The predicted molar refractivity (Wildman–Crippen MR) is 66.9 cm³/mol. The summed E-state index contributed by atoms with van der Waals surface area (Å²) in [6.45, 7) is 4.92. The molecule has 1 saturated carbocycles. The molecule has 0 heterocycles. The van der Waals surface area contributed by atoms with Crippen LogP contribution < -0.4 is 10.6 Å². The van der Waals surface area contributed by atoms with Crippen LogP contribution in [-0.2, 0) is 4.79 Å². The summed E-state index contributed by atoms with van der Waals surface area (Å²) in [7, 11) is 0. The Morgan fingerprint density at radius 3 is 2.65 bits per heavy atom. The third kappa shape index (κ3) is 4.90. The molecule has 94 valence electrons. The van der Waals surface area contributed by atoms with Gasteiger partial charge in [-0.2, -0.15) is 5.26 Å². The molecule has 1 aliphatic rings. The number of hydrogen-bond donors (Lipinski definition) is 2. The van der Waals surface area contributed by atoms with Crippen LogP contribution in [0, 0.1) is 17.2 Å². The van der Waals surface area contributed by atoms with Gasteiger partial charge >= 0.3 is 0 Å². The first kappa shape index (κ1) is 13.6. The van der Waals surface area contributed by atoms with Crippen LogP contribution in [0.2, 0.25) is 0 Å². The van der Waals surface area contributed by atoms with Crippen LogP contribution in [0.3, 0.4) is 0 Å². The van der Waals surface area contributed by atoms with Crippen LogP contribution in [0.15, 0.2) is 11.8 Å². The van der Waals surface area contributed by atoms with E-state index in [1.165, 1.54) is 19.0 Å². The minimum Gasteiger partial charge on any atom is -0.389 e. The summed E-state index contributed by atoms with van der Waals surface area (Å²) >= 11 is 0. The van der Waals surface area contributed by atoms with Crippen molar-refractivity contribution in [2.75, 3.05) is 6.54 Å². The minimum absolute atomic E-state index is 0.164. The molecule has 4 nitrogen and oxygen atoms in total. The molecule has 0 radical (unpaired) electrons. The average Bonchev–Trinajstić information content (AvgIpc) is 2.76.